The summed E-state index contributed by atoms with van der Waals surface area (Å²) in [6, 6.07) is 1.99. The number of nitrogens with one attached hydrogen (secondary N) is 1. The zero-order valence-corrected chi connectivity index (χ0v) is 13.3. The van der Waals surface area contributed by atoms with E-state index >= 15 is 0 Å². The van der Waals surface area contributed by atoms with Gasteiger partial charge in [-0.15, -0.1) is 0 Å². The van der Waals surface area contributed by atoms with E-state index in [1.165, 1.54) is 25.7 Å². The molecule has 4 heteroatoms. The summed E-state index contributed by atoms with van der Waals surface area (Å²) in [4.78, 5) is 9.03. The summed E-state index contributed by atoms with van der Waals surface area (Å²) in [5.74, 6) is 5.07. The van der Waals surface area contributed by atoms with E-state index in [4.69, 9.17) is 0 Å². The van der Waals surface area contributed by atoms with Gasteiger partial charge in [-0.2, -0.15) is 0 Å². The lowest BCUT2D eigenvalue weighted by Crippen LogP contribution is -2.19. The summed E-state index contributed by atoms with van der Waals surface area (Å²) in [7, 11) is 0. The normalized spacial score (nSPS) is 19.2. The van der Waals surface area contributed by atoms with Gasteiger partial charge >= 0.3 is 0 Å². The average Bonchev–Trinajstić information content (AvgIpc) is 3.23. The van der Waals surface area contributed by atoms with Crippen LogP contribution in [0.25, 0.3) is 0 Å². The lowest BCUT2D eigenvalue weighted by Gasteiger charge is -2.17. The highest BCUT2D eigenvalue weighted by Gasteiger charge is 2.41. The quantitative estimate of drug-likeness (QED) is 0.797. The van der Waals surface area contributed by atoms with Crippen molar-refractivity contribution < 1.29 is 0 Å². The number of anilines is 1. The van der Waals surface area contributed by atoms with Crippen molar-refractivity contribution in [1.29, 1.82) is 0 Å². The molecule has 19 heavy (non-hydrogen) atoms. The van der Waals surface area contributed by atoms with E-state index in [1.54, 1.807) is 0 Å². The molecule has 2 fully saturated rings. The highest BCUT2D eigenvalue weighted by atomic mass is 79.9. The summed E-state index contributed by atoms with van der Waals surface area (Å²) < 4.78 is 0.878. The molecule has 0 amide bonds. The Labute approximate surface area is 123 Å². The maximum absolute atomic E-state index is 4.61. The molecule has 104 valence electrons. The second-order valence-corrected chi connectivity index (χ2v) is 7.12. The summed E-state index contributed by atoms with van der Waals surface area (Å²) in [5, 5.41) is 3.54. The summed E-state index contributed by atoms with van der Waals surface area (Å²) in [6.45, 7) is 5.34. The minimum atomic E-state index is 0.362. The van der Waals surface area contributed by atoms with Gasteiger partial charge in [0.05, 0.1) is 0 Å². The third-order valence-electron chi connectivity index (χ3n) is 4.20. The van der Waals surface area contributed by atoms with Crippen molar-refractivity contribution in [2.45, 2.75) is 45.4 Å². The first kappa shape index (κ1) is 13.3. The van der Waals surface area contributed by atoms with Gasteiger partial charge in [0.2, 0.25) is 0 Å². The fraction of sp³-hybridized carbons (Fsp3) is 0.733. The fourth-order valence-electron chi connectivity index (χ4n) is 2.77. The van der Waals surface area contributed by atoms with E-state index in [-0.39, 0.29) is 0 Å². The van der Waals surface area contributed by atoms with Gasteiger partial charge < -0.3 is 5.32 Å². The first-order valence-corrected chi connectivity index (χ1v) is 8.21. The van der Waals surface area contributed by atoms with Gasteiger partial charge in [0, 0.05) is 18.5 Å². The molecular formula is C15H22BrN3. The van der Waals surface area contributed by atoms with Crippen LogP contribution < -0.4 is 5.32 Å². The van der Waals surface area contributed by atoms with E-state index in [9.17, 15) is 0 Å². The SMILES string of the molecule is CC(C)c1nc(Br)cc(NCC(C2CC2)C2CC2)n1. The Kier molecular flexibility index (Phi) is 3.79. The summed E-state index contributed by atoms with van der Waals surface area (Å²) >= 11 is 3.48. The van der Waals surface area contributed by atoms with Crippen LogP contribution in [0, 0.1) is 17.8 Å². The third-order valence-corrected chi connectivity index (χ3v) is 4.61. The Morgan fingerprint density at radius 3 is 2.37 bits per heavy atom. The third kappa shape index (κ3) is 3.47. The minimum absolute atomic E-state index is 0.362. The zero-order valence-electron chi connectivity index (χ0n) is 11.7. The summed E-state index contributed by atoms with van der Waals surface area (Å²) in [6.07, 6.45) is 5.75. The van der Waals surface area contributed by atoms with Crippen LogP contribution >= 0.6 is 15.9 Å². The molecule has 0 atom stereocenters. The molecule has 1 aromatic rings. The topological polar surface area (TPSA) is 37.8 Å². The molecule has 2 aliphatic rings. The van der Waals surface area contributed by atoms with E-state index in [0.29, 0.717) is 5.92 Å². The van der Waals surface area contributed by atoms with E-state index in [2.05, 4.69) is 45.1 Å². The molecule has 1 heterocycles. The molecule has 1 aromatic heterocycles. The van der Waals surface area contributed by atoms with Crippen molar-refractivity contribution in [1.82, 2.24) is 9.97 Å². The molecular weight excluding hydrogens is 302 g/mol. The van der Waals surface area contributed by atoms with Gasteiger partial charge in [0.15, 0.2) is 0 Å². The Morgan fingerprint density at radius 2 is 1.84 bits per heavy atom. The number of nitrogens with zero attached hydrogens (tertiary/aromatic N) is 2. The monoisotopic (exact) mass is 323 g/mol. The second-order valence-electron chi connectivity index (χ2n) is 6.31. The zero-order chi connectivity index (χ0) is 13.4. The van der Waals surface area contributed by atoms with Crippen LogP contribution in [-0.4, -0.2) is 16.5 Å². The molecule has 0 spiro atoms. The van der Waals surface area contributed by atoms with E-state index in [1.807, 2.05) is 6.07 Å². The van der Waals surface area contributed by atoms with Crippen LogP contribution in [0.15, 0.2) is 10.7 Å². The Balaban J connectivity index is 1.65. The van der Waals surface area contributed by atoms with Crippen molar-refractivity contribution in [2.24, 2.45) is 17.8 Å². The van der Waals surface area contributed by atoms with Crippen LogP contribution in [0.1, 0.15) is 51.3 Å². The molecule has 0 radical (unpaired) electrons. The standard InChI is InChI=1S/C15H22BrN3/c1-9(2)15-18-13(16)7-14(19-15)17-8-12(10-3-4-10)11-5-6-11/h7,9-12H,3-6,8H2,1-2H3,(H,17,18,19). The predicted octanol–water partition coefficient (Wildman–Crippen LogP) is 4.21. The van der Waals surface area contributed by atoms with Crippen LogP contribution in [0.3, 0.4) is 0 Å². The van der Waals surface area contributed by atoms with Crippen LogP contribution in [-0.2, 0) is 0 Å². The Bertz CT molecular complexity index is 441. The minimum Gasteiger partial charge on any atom is -0.370 e. The Hall–Kier alpha value is -0.640. The molecule has 0 saturated heterocycles. The van der Waals surface area contributed by atoms with Gasteiger partial charge in [-0.05, 0) is 59.4 Å². The number of rotatable bonds is 6. The molecule has 3 nitrogen and oxygen atoms in total. The molecule has 0 aliphatic heterocycles. The van der Waals surface area contributed by atoms with Crippen LogP contribution in [0.2, 0.25) is 0 Å². The highest BCUT2D eigenvalue weighted by Crippen LogP contribution is 2.49. The van der Waals surface area contributed by atoms with Gasteiger partial charge in [-0.3, -0.25) is 0 Å². The van der Waals surface area contributed by atoms with E-state index < -0.39 is 0 Å². The molecule has 1 N–H and O–H groups in total. The number of aromatic nitrogens is 2. The molecule has 2 aliphatic carbocycles. The lowest BCUT2D eigenvalue weighted by atomic mass is 9.98. The smallest absolute Gasteiger partial charge is 0.134 e. The Morgan fingerprint density at radius 1 is 1.21 bits per heavy atom. The maximum atomic E-state index is 4.61. The highest BCUT2D eigenvalue weighted by molar-refractivity contribution is 9.10. The van der Waals surface area contributed by atoms with Crippen molar-refractivity contribution in [2.75, 3.05) is 11.9 Å². The molecule has 0 unspecified atom stereocenters. The van der Waals surface area contributed by atoms with Gasteiger partial charge in [-0.1, -0.05) is 13.8 Å². The molecule has 0 aromatic carbocycles. The number of hydrogen-bond acceptors (Lipinski definition) is 3. The van der Waals surface area contributed by atoms with Crippen molar-refractivity contribution in [3.8, 4) is 0 Å². The predicted molar refractivity (Wildman–Crippen MR) is 81.2 cm³/mol. The molecule has 0 bridgehead atoms. The van der Waals surface area contributed by atoms with Crippen LogP contribution in [0.5, 0.6) is 0 Å². The summed E-state index contributed by atoms with van der Waals surface area (Å²) in [5.41, 5.74) is 0. The van der Waals surface area contributed by atoms with Gasteiger partial charge in [-0.25, -0.2) is 9.97 Å². The van der Waals surface area contributed by atoms with Crippen molar-refractivity contribution in [3.05, 3.63) is 16.5 Å². The fourth-order valence-corrected chi connectivity index (χ4v) is 3.17. The van der Waals surface area contributed by atoms with E-state index in [0.717, 1.165) is 40.5 Å². The molecule has 3 rings (SSSR count). The maximum Gasteiger partial charge on any atom is 0.134 e. The first-order valence-electron chi connectivity index (χ1n) is 7.42. The van der Waals surface area contributed by atoms with Gasteiger partial charge in [0.1, 0.15) is 16.2 Å². The molecule has 2 saturated carbocycles. The van der Waals surface area contributed by atoms with Gasteiger partial charge in [0.25, 0.3) is 0 Å². The first-order chi connectivity index (χ1) is 9.13. The average molecular weight is 324 g/mol. The second kappa shape index (κ2) is 5.39. The number of halogens is 1. The van der Waals surface area contributed by atoms with Crippen molar-refractivity contribution in [3.63, 3.8) is 0 Å². The largest absolute Gasteiger partial charge is 0.370 e. The number of hydrogen-bond donors (Lipinski definition) is 1. The lowest BCUT2D eigenvalue weighted by molar-refractivity contribution is 0.427. The van der Waals surface area contributed by atoms with Crippen LogP contribution in [0.4, 0.5) is 5.82 Å². The van der Waals surface area contributed by atoms with Crippen molar-refractivity contribution >= 4 is 21.7 Å².